The van der Waals surface area contributed by atoms with Crippen molar-refractivity contribution < 1.29 is 14.7 Å². The first-order valence-electron chi connectivity index (χ1n) is 6.17. The van der Waals surface area contributed by atoms with Crippen LogP contribution in [-0.4, -0.2) is 54.0 Å². The summed E-state index contributed by atoms with van der Waals surface area (Å²) in [5.74, 6) is -0.867. The Labute approximate surface area is 125 Å². The van der Waals surface area contributed by atoms with E-state index in [1.54, 1.807) is 23.9 Å². The van der Waals surface area contributed by atoms with Crippen LogP contribution in [-0.2, 0) is 16.1 Å². The number of rotatable bonds is 7. The monoisotopic (exact) mass is 300 g/mol. The number of nitrogens with zero attached hydrogens (tertiary/aromatic N) is 2. The quantitative estimate of drug-likeness (QED) is 0.828. The van der Waals surface area contributed by atoms with Crippen LogP contribution in [0.5, 0.6) is 0 Å². The predicted molar refractivity (Wildman–Crippen MR) is 79.9 cm³/mol. The molecule has 20 heavy (non-hydrogen) atoms. The molecule has 0 bridgehead atoms. The number of likely N-dealkylation sites (N-methyl/N-ethyl adjacent to an activating group) is 2. The van der Waals surface area contributed by atoms with Crippen molar-refractivity contribution in [3.05, 3.63) is 35.9 Å². The summed E-state index contributed by atoms with van der Waals surface area (Å²) in [6, 6.07) is 9.75. The maximum absolute atomic E-state index is 11.9. The number of carboxylic acid groups (broad SMARTS) is 1. The van der Waals surface area contributed by atoms with Gasteiger partial charge in [-0.1, -0.05) is 30.3 Å². The van der Waals surface area contributed by atoms with Crippen molar-refractivity contribution >= 4 is 24.3 Å². The van der Waals surface area contributed by atoms with Crippen molar-refractivity contribution in [2.24, 2.45) is 0 Å². The Balaban J connectivity index is 0.00000361. The van der Waals surface area contributed by atoms with Gasteiger partial charge in [-0.15, -0.1) is 12.4 Å². The Hall–Kier alpha value is -1.59. The van der Waals surface area contributed by atoms with Gasteiger partial charge < -0.3 is 10.0 Å². The van der Waals surface area contributed by atoms with Crippen molar-refractivity contribution in [2.45, 2.75) is 13.0 Å². The highest BCUT2D eigenvalue weighted by molar-refractivity contribution is 5.85. The molecule has 0 fully saturated rings. The Morgan fingerprint density at radius 1 is 1.15 bits per heavy atom. The third-order valence-electron chi connectivity index (χ3n) is 2.80. The Kier molecular flexibility index (Phi) is 8.59. The number of amides is 1. The topological polar surface area (TPSA) is 60.9 Å². The predicted octanol–water partition coefficient (Wildman–Crippen LogP) is 1.47. The van der Waals surface area contributed by atoms with Gasteiger partial charge in [-0.2, -0.15) is 0 Å². The summed E-state index contributed by atoms with van der Waals surface area (Å²) in [5.41, 5.74) is 1.08. The summed E-state index contributed by atoms with van der Waals surface area (Å²) in [6.07, 6.45) is 0.0478. The standard InChI is InChI=1S/C14H20N2O3.ClH/c1-15(9-8-14(18)19)11-13(17)16(2)10-12-6-4-3-5-7-12;/h3-7H,8-11H2,1-2H3,(H,18,19);1H. The first kappa shape index (κ1) is 18.4. The normalized spacial score (nSPS) is 9.95. The van der Waals surface area contributed by atoms with E-state index in [-0.39, 0.29) is 31.3 Å². The van der Waals surface area contributed by atoms with E-state index in [1.807, 2.05) is 30.3 Å². The highest BCUT2D eigenvalue weighted by atomic mass is 35.5. The van der Waals surface area contributed by atoms with E-state index in [0.717, 1.165) is 5.56 Å². The number of halogens is 1. The van der Waals surface area contributed by atoms with Crippen LogP contribution >= 0.6 is 12.4 Å². The first-order chi connectivity index (χ1) is 8.99. The van der Waals surface area contributed by atoms with Crippen LogP contribution in [0.3, 0.4) is 0 Å². The minimum atomic E-state index is -0.850. The lowest BCUT2D eigenvalue weighted by Gasteiger charge is -2.21. The number of carbonyl (C=O) groups excluding carboxylic acids is 1. The first-order valence-corrected chi connectivity index (χ1v) is 6.17. The molecule has 1 rings (SSSR count). The van der Waals surface area contributed by atoms with E-state index in [1.165, 1.54) is 0 Å². The molecule has 0 unspecified atom stereocenters. The zero-order valence-electron chi connectivity index (χ0n) is 11.8. The molecule has 112 valence electrons. The molecule has 5 nitrogen and oxygen atoms in total. The third kappa shape index (κ3) is 7.11. The molecule has 0 aromatic heterocycles. The number of hydrogen-bond donors (Lipinski definition) is 1. The van der Waals surface area contributed by atoms with E-state index in [0.29, 0.717) is 13.1 Å². The molecule has 0 saturated carbocycles. The fourth-order valence-corrected chi connectivity index (χ4v) is 1.66. The Bertz CT molecular complexity index is 426. The fraction of sp³-hybridized carbons (Fsp3) is 0.429. The Morgan fingerprint density at radius 3 is 2.30 bits per heavy atom. The summed E-state index contributed by atoms with van der Waals surface area (Å²) < 4.78 is 0. The molecule has 1 N–H and O–H groups in total. The SMILES string of the molecule is CN(CCC(=O)O)CC(=O)N(C)Cc1ccccc1.Cl. The van der Waals surface area contributed by atoms with Gasteiger partial charge in [0.1, 0.15) is 0 Å². The molecule has 0 saturated heterocycles. The maximum Gasteiger partial charge on any atom is 0.304 e. The molecule has 0 atom stereocenters. The van der Waals surface area contributed by atoms with Crippen LogP contribution in [0.1, 0.15) is 12.0 Å². The highest BCUT2D eigenvalue weighted by Crippen LogP contribution is 2.03. The average molecular weight is 301 g/mol. The van der Waals surface area contributed by atoms with Gasteiger partial charge in [-0.3, -0.25) is 14.5 Å². The van der Waals surface area contributed by atoms with Gasteiger partial charge in [0.25, 0.3) is 0 Å². The number of carboxylic acids is 1. The second-order valence-corrected chi connectivity index (χ2v) is 4.62. The van der Waals surface area contributed by atoms with E-state index in [9.17, 15) is 9.59 Å². The zero-order chi connectivity index (χ0) is 14.3. The molecule has 0 radical (unpaired) electrons. The van der Waals surface area contributed by atoms with Crippen molar-refractivity contribution in [1.82, 2.24) is 9.80 Å². The summed E-state index contributed by atoms with van der Waals surface area (Å²) in [7, 11) is 3.50. The molecule has 0 aliphatic carbocycles. The van der Waals surface area contributed by atoms with Crippen molar-refractivity contribution in [2.75, 3.05) is 27.2 Å². The van der Waals surface area contributed by atoms with E-state index < -0.39 is 5.97 Å². The number of aliphatic carboxylic acids is 1. The van der Waals surface area contributed by atoms with Crippen LogP contribution in [0.25, 0.3) is 0 Å². The van der Waals surface area contributed by atoms with Crippen LogP contribution in [0, 0.1) is 0 Å². The van der Waals surface area contributed by atoms with Gasteiger partial charge in [0.15, 0.2) is 0 Å². The van der Waals surface area contributed by atoms with Crippen LogP contribution < -0.4 is 0 Å². The number of hydrogen-bond acceptors (Lipinski definition) is 3. The van der Waals surface area contributed by atoms with Gasteiger partial charge in [0, 0.05) is 20.1 Å². The van der Waals surface area contributed by atoms with Crippen LogP contribution in [0.2, 0.25) is 0 Å². The molecule has 0 aliphatic rings. The summed E-state index contributed by atoms with van der Waals surface area (Å²) in [4.78, 5) is 25.7. The van der Waals surface area contributed by atoms with Crippen LogP contribution in [0.4, 0.5) is 0 Å². The van der Waals surface area contributed by atoms with Gasteiger partial charge in [0.05, 0.1) is 13.0 Å². The lowest BCUT2D eigenvalue weighted by Crippen LogP contribution is -2.37. The molecule has 1 amide bonds. The van der Waals surface area contributed by atoms with Crippen molar-refractivity contribution in [3.63, 3.8) is 0 Å². The van der Waals surface area contributed by atoms with Crippen molar-refractivity contribution in [3.8, 4) is 0 Å². The summed E-state index contributed by atoms with van der Waals surface area (Å²) in [5, 5.41) is 8.58. The molecular weight excluding hydrogens is 280 g/mol. The fourth-order valence-electron chi connectivity index (χ4n) is 1.66. The minimum absolute atomic E-state index is 0. The van der Waals surface area contributed by atoms with E-state index in [2.05, 4.69) is 0 Å². The smallest absolute Gasteiger partial charge is 0.304 e. The van der Waals surface area contributed by atoms with Gasteiger partial charge in [-0.05, 0) is 12.6 Å². The second kappa shape index (κ2) is 9.34. The lowest BCUT2D eigenvalue weighted by atomic mass is 10.2. The Morgan fingerprint density at radius 2 is 1.75 bits per heavy atom. The average Bonchev–Trinajstić information content (AvgIpc) is 2.37. The zero-order valence-corrected chi connectivity index (χ0v) is 12.6. The molecule has 0 heterocycles. The van der Waals surface area contributed by atoms with Crippen LogP contribution in [0.15, 0.2) is 30.3 Å². The molecule has 1 aromatic rings. The second-order valence-electron chi connectivity index (χ2n) is 4.62. The van der Waals surface area contributed by atoms with Gasteiger partial charge in [-0.25, -0.2) is 0 Å². The molecule has 6 heteroatoms. The lowest BCUT2D eigenvalue weighted by molar-refractivity contribution is -0.138. The van der Waals surface area contributed by atoms with Crippen molar-refractivity contribution in [1.29, 1.82) is 0 Å². The largest absolute Gasteiger partial charge is 0.481 e. The van der Waals surface area contributed by atoms with Gasteiger partial charge in [0.2, 0.25) is 5.91 Å². The number of benzene rings is 1. The van der Waals surface area contributed by atoms with Gasteiger partial charge >= 0.3 is 5.97 Å². The summed E-state index contributed by atoms with van der Waals surface area (Å²) >= 11 is 0. The number of carbonyl (C=O) groups is 2. The third-order valence-corrected chi connectivity index (χ3v) is 2.80. The maximum atomic E-state index is 11.9. The highest BCUT2D eigenvalue weighted by Gasteiger charge is 2.12. The van der Waals surface area contributed by atoms with E-state index >= 15 is 0 Å². The molecule has 0 aliphatic heterocycles. The summed E-state index contributed by atoms with van der Waals surface area (Å²) in [6.45, 7) is 1.17. The molecule has 1 aromatic carbocycles. The van der Waals surface area contributed by atoms with E-state index in [4.69, 9.17) is 5.11 Å². The molecule has 0 spiro atoms. The molecular formula is C14H21ClN2O3. The minimum Gasteiger partial charge on any atom is -0.481 e.